The van der Waals surface area contributed by atoms with Crippen molar-refractivity contribution in [1.29, 1.82) is 0 Å². The largest absolute Gasteiger partial charge is 0.456 e. The second kappa shape index (κ2) is 11.5. The molecule has 2 saturated carbocycles. The molecule has 4 aliphatic heterocycles. The zero-order chi connectivity index (χ0) is 38.0. The van der Waals surface area contributed by atoms with Crippen LogP contribution < -0.4 is 0 Å². The Bertz CT molecular complexity index is 2070. The smallest absolute Gasteiger partial charge is 0.343 e. The molecule has 2 spiro atoms. The monoisotopic (exact) mass is 738 g/mol. The molecule has 6 aliphatic rings. The van der Waals surface area contributed by atoms with E-state index in [1.54, 1.807) is 48.5 Å². The normalized spacial score (nSPS) is 39.5. The predicted octanol–water partition coefficient (Wildman–Crippen LogP) is 3.56. The Hall–Kier alpha value is -5.11. The minimum absolute atomic E-state index is 0.101. The summed E-state index contributed by atoms with van der Waals surface area (Å²) in [5.74, 6) is -7.00. The van der Waals surface area contributed by atoms with Gasteiger partial charge in [0.25, 0.3) is 0 Å². The number of esters is 5. The summed E-state index contributed by atoms with van der Waals surface area (Å²) in [7, 11) is 0. The zero-order valence-corrected chi connectivity index (χ0v) is 29.8. The van der Waals surface area contributed by atoms with E-state index in [0.29, 0.717) is 5.56 Å². The molecule has 7 unspecified atom stereocenters. The van der Waals surface area contributed by atoms with Gasteiger partial charge in [-0.05, 0) is 42.2 Å². The van der Waals surface area contributed by atoms with Crippen LogP contribution in [0.5, 0.6) is 0 Å². The van der Waals surface area contributed by atoms with Crippen LogP contribution in [0.25, 0.3) is 0 Å². The van der Waals surface area contributed by atoms with Gasteiger partial charge in [-0.25, -0.2) is 19.2 Å². The number of ether oxygens (including phenoxy) is 7. The number of hydrogen-bond donors (Lipinski definition) is 1. The fourth-order valence-electron chi connectivity index (χ4n) is 10.9. The first kappa shape index (κ1) is 34.6. The fourth-order valence-corrected chi connectivity index (χ4v) is 10.9. The average Bonchev–Trinajstić information content (AvgIpc) is 3.78. The van der Waals surface area contributed by atoms with Crippen molar-refractivity contribution in [3.8, 4) is 0 Å². The van der Waals surface area contributed by atoms with E-state index in [2.05, 4.69) is 0 Å². The molecule has 2 aliphatic carbocycles. The number of hydrogen-bond acceptors (Lipinski definition) is 13. The molecule has 6 fully saturated rings. The lowest BCUT2D eigenvalue weighted by Crippen LogP contribution is -2.74. The molecule has 280 valence electrons. The maximum atomic E-state index is 15.0. The van der Waals surface area contributed by atoms with Crippen LogP contribution in [-0.2, 0) is 54.1 Å². The molecule has 4 saturated heterocycles. The summed E-state index contributed by atoms with van der Waals surface area (Å²) in [5, 5.41) is 13.2. The van der Waals surface area contributed by atoms with Gasteiger partial charge in [0.2, 0.25) is 11.9 Å². The van der Waals surface area contributed by atoms with Crippen LogP contribution >= 0.6 is 0 Å². The van der Waals surface area contributed by atoms with Crippen LogP contribution in [0.1, 0.15) is 54.0 Å². The quantitative estimate of drug-likeness (QED) is 0.276. The Morgan fingerprint density at radius 2 is 1.31 bits per heavy atom. The lowest BCUT2D eigenvalue weighted by molar-refractivity contribution is -0.281. The summed E-state index contributed by atoms with van der Waals surface area (Å²) in [5.41, 5.74) is -9.28. The van der Waals surface area contributed by atoms with Gasteiger partial charge in [-0.15, -0.1) is 0 Å². The summed E-state index contributed by atoms with van der Waals surface area (Å²) in [4.78, 5) is 71.4. The van der Waals surface area contributed by atoms with E-state index < -0.39 is 106 Å². The van der Waals surface area contributed by atoms with Crippen LogP contribution in [0.2, 0.25) is 0 Å². The van der Waals surface area contributed by atoms with Gasteiger partial charge in [0.1, 0.15) is 11.5 Å². The second-order valence-electron chi connectivity index (χ2n) is 16.0. The Morgan fingerprint density at radius 1 is 0.759 bits per heavy atom. The van der Waals surface area contributed by atoms with Gasteiger partial charge in [-0.1, -0.05) is 87.5 Å². The summed E-state index contributed by atoms with van der Waals surface area (Å²) >= 11 is 0. The van der Waals surface area contributed by atoms with Gasteiger partial charge in [0, 0.05) is 5.92 Å². The maximum Gasteiger partial charge on any atom is 0.343 e. The molecule has 0 radical (unpaired) electrons. The van der Waals surface area contributed by atoms with Gasteiger partial charge in [-0.2, -0.15) is 0 Å². The summed E-state index contributed by atoms with van der Waals surface area (Å²) in [6, 6.07) is 25.2. The third-order valence-electron chi connectivity index (χ3n) is 12.6. The molecule has 0 amide bonds. The van der Waals surface area contributed by atoms with Crippen molar-refractivity contribution in [2.75, 3.05) is 0 Å². The molecule has 3 aromatic carbocycles. The summed E-state index contributed by atoms with van der Waals surface area (Å²) in [6.45, 7) is 6.85. The van der Waals surface area contributed by atoms with Gasteiger partial charge in [0.05, 0.1) is 29.1 Å². The first-order chi connectivity index (χ1) is 25.8. The average molecular weight is 739 g/mol. The van der Waals surface area contributed by atoms with Crippen molar-refractivity contribution in [2.24, 2.45) is 28.1 Å². The van der Waals surface area contributed by atoms with E-state index in [1.165, 1.54) is 19.1 Å². The van der Waals surface area contributed by atoms with Crippen LogP contribution in [0, 0.1) is 28.1 Å². The molecule has 13 heteroatoms. The number of benzene rings is 3. The van der Waals surface area contributed by atoms with Gasteiger partial charge < -0.3 is 38.3 Å². The predicted molar refractivity (Wildman–Crippen MR) is 182 cm³/mol. The molecule has 4 heterocycles. The van der Waals surface area contributed by atoms with Crippen molar-refractivity contribution < 1.29 is 62.2 Å². The number of carbonyl (C=O) groups excluding carboxylic acids is 5. The summed E-state index contributed by atoms with van der Waals surface area (Å²) in [6.07, 6.45) is -9.59. The van der Waals surface area contributed by atoms with Crippen LogP contribution in [0.3, 0.4) is 0 Å². The molecule has 2 bridgehead atoms. The van der Waals surface area contributed by atoms with E-state index in [0.717, 1.165) is 0 Å². The lowest BCUT2D eigenvalue weighted by Gasteiger charge is -2.52. The van der Waals surface area contributed by atoms with Crippen molar-refractivity contribution >= 4 is 29.8 Å². The molecule has 54 heavy (non-hydrogen) atoms. The highest BCUT2D eigenvalue weighted by Gasteiger charge is 3.06. The van der Waals surface area contributed by atoms with Crippen LogP contribution in [0.4, 0.5) is 0 Å². The topological polar surface area (TPSA) is 170 Å². The SMILES string of the molecule is C[C@@H]1C(=O)OC2[C@H](OC(=O)c3ccccc3)C34C(OC(=O)c5ccccc5)[C@@H]5OC(=O)C3(OC3OC(=O)[C@H](OCc6ccccc6)C34C5C(C)(C)C)[C@]21O. The van der Waals surface area contributed by atoms with Gasteiger partial charge >= 0.3 is 29.8 Å². The molecule has 1 N–H and O–H groups in total. The number of aliphatic hydroxyl groups is 1. The third-order valence-corrected chi connectivity index (χ3v) is 12.6. The maximum absolute atomic E-state index is 15.0. The Balaban J connectivity index is 1.35. The van der Waals surface area contributed by atoms with E-state index in [4.69, 9.17) is 33.2 Å². The number of rotatable bonds is 7. The molecule has 0 aromatic heterocycles. The number of fused-ring (bicyclic) bond motifs is 2. The Morgan fingerprint density at radius 3 is 1.89 bits per heavy atom. The molecular weight excluding hydrogens is 700 g/mol. The minimum Gasteiger partial charge on any atom is -0.456 e. The van der Waals surface area contributed by atoms with Crippen molar-refractivity contribution in [1.82, 2.24) is 0 Å². The highest BCUT2D eigenvalue weighted by atomic mass is 16.8. The van der Waals surface area contributed by atoms with E-state index in [9.17, 15) is 24.3 Å². The van der Waals surface area contributed by atoms with Crippen LogP contribution in [0.15, 0.2) is 91.0 Å². The Kier molecular flexibility index (Phi) is 7.35. The van der Waals surface area contributed by atoms with E-state index in [-0.39, 0.29) is 17.7 Å². The molecule has 12 atom stereocenters. The lowest BCUT2D eigenvalue weighted by atomic mass is 9.50. The number of carbonyl (C=O) groups is 5. The Labute approximate surface area is 309 Å². The zero-order valence-electron chi connectivity index (χ0n) is 29.8. The van der Waals surface area contributed by atoms with Crippen molar-refractivity contribution in [3.05, 3.63) is 108 Å². The highest BCUT2D eigenvalue weighted by Crippen LogP contribution is 2.85. The highest BCUT2D eigenvalue weighted by molar-refractivity contribution is 5.96. The molecule has 13 nitrogen and oxygen atoms in total. The molecule has 9 rings (SSSR count). The van der Waals surface area contributed by atoms with Crippen molar-refractivity contribution in [3.63, 3.8) is 0 Å². The van der Waals surface area contributed by atoms with E-state index >= 15 is 4.79 Å². The molecular formula is C41H38O13. The third kappa shape index (κ3) is 3.96. The first-order valence-corrected chi connectivity index (χ1v) is 18.0. The minimum atomic E-state index is -2.66. The second-order valence-corrected chi connectivity index (χ2v) is 16.0. The van der Waals surface area contributed by atoms with Crippen LogP contribution in [-0.4, -0.2) is 83.0 Å². The summed E-state index contributed by atoms with van der Waals surface area (Å²) < 4.78 is 44.5. The first-order valence-electron chi connectivity index (χ1n) is 18.0. The van der Waals surface area contributed by atoms with Crippen molar-refractivity contribution in [2.45, 2.75) is 82.3 Å². The van der Waals surface area contributed by atoms with Gasteiger partial charge in [0.15, 0.2) is 30.0 Å². The standard InChI is InChI=1S/C41H38O13/c1-21-31(42)52-29-28(51-33(44)24-18-12-7-13-19-24)39-27(50-32(43)23-16-10-6-11-17-23)25-26(37(2,3)4)38(39)30(48-20-22-14-8-5-9-15-22)34(45)53-36(38)54-41(39,35(46)49-25)40(21,29)47/h5-19,21,25-30,36,47H,20H2,1-4H3/t21-,25-,26?,27?,28+,29?,30+,36?,38?,39?,40-,41?/m1/s1. The molecule has 3 aromatic rings. The fraction of sp³-hybridized carbons (Fsp3) is 0.439. The van der Waals surface area contributed by atoms with E-state index in [1.807, 2.05) is 51.1 Å². The van der Waals surface area contributed by atoms with Gasteiger partial charge in [-0.3, -0.25) is 4.79 Å².